The molecule has 34 heavy (non-hydrogen) atoms. The zero-order valence-electron chi connectivity index (χ0n) is 19.6. The molecule has 2 heterocycles. The van der Waals surface area contributed by atoms with Gasteiger partial charge < -0.3 is 9.88 Å². The highest BCUT2D eigenvalue weighted by molar-refractivity contribution is 7.99. The Morgan fingerprint density at radius 1 is 0.971 bits per heavy atom. The first-order chi connectivity index (χ1) is 16.4. The molecule has 0 atom stereocenters. The number of aryl methyl sites for hydroxylation is 3. The molecule has 0 saturated heterocycles. The van der Waals surface area contributed by atoms with Gasteiger partial charge in [0.05, 0.1) is 5.75 Å². The van der Waals surface area contributed by atoms with Crippen molar-refractivity contribution in [3.8, 4) is 11.4 Å². The van der Waals surface area contributed by atoms with Gasteiger partial charge in [-0.3, -0.25) is 4.79 Å². The second-order valence-corrected chi connectivity index (χ2v) is 9.80. The Kier molecular flexibility index (Phi) is 7.64. The molecule has 4 aromatic rings. The van der Waals surface area contributed by atoms with Gasteiger partial charge >= 0.3 is 0 Å². The zero-order valence-corrected chi connectivity index (χ0v) is 21.2. The SMILES string of the molecule is CCn1c(SCC(=O)Nc2ccc(Sc3nc(C)cc(C)n3)cc2)nnc1-c1cccc(C)c1. The third-order valence-corrected chi connectivity index (χ3v) is 6.79. The van der Waals surface area contributed by atoms with Gasteiger partial charge in [-0.15, -0.1) is 10.2 Å². The fourth-order valence-electron chi connectivity index (χ4n) is 3.46. The van der Waals surface area contributed by atoms with E-state index in [1.807, 2.05) is 60.9 Å². The lowest BCUT2D eigenvalue weighted by Gasteiger charge is -2.09. The van der Waals surface area contributed by atoms with Crippen molar-refractivity contribution in [2.75, 3.05) is 11.1 Å². The number of amides is 1. The van der Waals surface area contributed by atoms with E-state index in [1.165, 1.54) is 29.1 Å². The quantitative estimate of drug-likeness (QED) is 0.255. The smallest absolute Gasteiger partial charge is 0.234 e. The summed E-state index contributed by atoms with van der Waals surface area (Å²) >= 11 is 2.88. The molecule has 0 radical (unpaired) electrons. The molecule has 0 spiro atoms. The lowest BCUT2D eigenvalue weighted by atomic mass is 10.1. The molecule has 0 bridgehead atoms. The van der Waals surface area contributed by atoms with Gasteiger partial charge in [-0.25, -0.2) is 9.97 Å². The summed E-state index contributed by atoms with van der Waals surface area (Å²) in [6, 6.07) is 17.8. The van der Waals surface area contributed by atoms with Crippen LogP contribution in [0.25, 0.3) is 11.4 Å². The normalized spacial score (nSPS) is 10.9. The van der Waals surface area contributed by atoms with Crippen LogP contribution < -0.4 is 5.32 Å². The summed E-state index contributed by atoms with van der Waals surface area (Å²) in [4.78, 5) is 22.5. The molecule has 4 rings (SSSR count). The molecule has 2 aromatic carbocycles. The van der Waals surface area contributed by atoms with Crippen molar-refractivity contribution < 1.29 is 4.79 Å². The van der Waals surface area contributed by atoms with Crippen molar-refractivity contribution in [1.29, 1.82) is 0 Å². The molecule has 174 valence electrons. The van der Waals surface area contributed by atoms with Crippen LogP contribution in [0.4, 0.5) is 5.69 Å². The van der Waals surface area contributed by atoms with Gasteiger partial charge in [0, 0.05) is 34.1 Å². The van der Waals surface area contributed by atoms with E-state index in [9.17, 15) is 4.79 Å². The third kappa shape index (κ3) is 6.03. The van der Waals surface area contributed by atoms with E-state index in [1.54, 1.807) is 0 Å². The van der Waals surface area contributed by atoms with Gasteiger partial charge in [0.25, 0.3) is 0 Å². The fraction of sp³-hybridized carbons (Fsp3) is 0.240. The van der Waals surface area contributed by atoms with Gasteiger partial charge in [-0.05, 0) is 75.9 Å². The lowest BCUT2D eigenvalue weighted by Crippen LogP contribution is -2.14. The van der Waals surface area contributed by atoms with E-state index in [-0.39, 0.29) is 11.7 Å². The molecule has 1 N–H and O–H groups in total. The first-order valence-electron chi connectivity index (χ1n) is 10.9. The number of benzene rings is 2. The molecule has 0 unspecified atom stereocenters. The summed E-state index contributed by atoms with van der Waals surface area (Å²) in [7, 11) is 0. The Morgan fingerprint density at radius 2 is 1.71 bits per heavy atom. The third-order valence-electron chi connectivity index (χ3n) is 4.95. The van der Waals surface area contributed by atoms with Gasteiger partial charge in [-0.2, -0.15) is 0 Å². The van der Waals surface area contributed by atoms with Crippen LogP contribution in [0.1, 0.15) is 23.9 Å². The number of nitrogens with one attached hydrogen (secondary N) is 1. The van der Waals surface area contributed by atoms with Crippen molar-refractivity contribution in [3.63, 3.8) is 0 Å². The molecule has 0 aliphatic carbocycles. The number of thioether (sulfide) groups is 1. The minimum Gasteiger partial charge on any atom is -0.325 e. The number of aromatic nitrogens is 5. The van der Waals surface area contributed by atoms with E-state index in [0.29, 0.717) is 0 Å². The maximum atomic E-state index is 12.5. The van der Waals surface area contributed by atoms with Crippen molar-refractivity contribution >= 4 is 35.1 Å². The number of hydrogen-bond acceptors (Lipinski definition) is 7. The summed E-state index contributed by atoms with van der Waals surface area (Å²) < 4.78 is 2.04. The predicted molar refractivity (Wildman–Crippen MR) is 137 cm³/mol. The Bertz CT molecular complexity index is 1280. The average molecular weight is 491 g/mol. The lowest BCUT2D eigenvalue weighted by molar-refractivity contribution is -0.113. The van der Waals surface area contributed by atoms with Crippen molar-refractivity contribution in [3.05, 3.63) is 71.5 Å². The van der Waals surface area contributed by atoms with Gasteiger partial charge in [0.15, 0.2) is 16.1 Å². The van der Waals surface area contributed by atoms with Crippen LogP contribution in [0.2, 0.25) is 0 Å². The molecular weight excluding hydrogens is 464 g/mol. The predicted octanol–water partition coefficient (Wildman–Crippen LogP) is 5.56. The number of hydrogen-bond donors (Lipinski definition) is 1. The summed E-state index contributed by atoms with van der Waals surface area (Å²) in [5, 5.41) is 13.1. The minimum absolute atomic E-state index is 0.0918. The zero-order chi connectivity index (χ0) is 24.1. The Balaban J connectivity index is 1.35. The first-order valence-corrected chi connectivity index (χ1v) is 12.7. The van der Waals surface area contributed by atoms with Crippen LogP contribution in [0.15, 0.2) is 69.8 Å². The van der Waals surface area contributed by atoms with E-state index in [2.05, 4.69) is 51.5 Å². The number of carbonyl (C=O) groups is 1. The van der Waals surface area contributed by atoms with Crippen molar-refractivity contribution in [2.24, 2.45) is 0 Å². The maximum absolute atomic E-state index is 12.5. The topological polar surface area (TPSA) is 85.6 Å². The largest absolute Gasteiger partial charge is 0.325 e. The highest BCUT2D eigenvalue weighted by atomic mass is 32.2. The molecule has 2 aromatic heterocycles. The summed E-state index contributed by atoms with van der Waals surface area (Å²) in [6.45, 7) is 8.75. The maximum Gasteiger partial charge on any atom is 0.234 e. The summed E-state index contributed by atoms with van der Waals surface area (Å²) in [5.41, 5.74) is 4.83. The second-order valence-electron chi connectivity index (χ2n) is 7.82. The van der Waals surface area contributed by atoms with E-state index in [4.69, 9.17) is 0 Å². The summed E-state index contributed by atoms with van der Waals surface area (Å²) in [5.74, 6) is 0.972. The Morgan fingerprint density at radius 3 is 2.38 bits per heavy atom. The highest BCUT2D eigenvalue weighted by Gasteiger charge is 2.15. The number of nitrogens with zero attached hydrogens (tertiary/aromatic N) is 5. The highest BCUT2D eigenvalue weighted by Crippen LogP contribution is 2.27. The molecule has 0 fully saturated rings. The Hall–Kier alpha value is -3.17. The van der Waals surface area contributed by atoms with Crippen LogP contribution in [0, 0.1) is 20.8 Å². The van der Waals surface area contributed by atoms with Crippen LogP contribution in [-0.2, 0) is 11.3 Å². The van der Waals surface area contributed by atoms with Crippen molar-refractivity contribution in [2.45, 2.75) is 49.4 Å². The van der Waals surface area contributed by atoms with Gasteiger partial charge in [0.2, 0.25) is 5.91 Å². The van der Waals surface area contributed by atoms with Gasteiger partial charge in [0.1, 0.15) is 0 Å². The molecule has 0 aliphatic heterocycles. The molecular formula is C25H26N6OS2. The first kappa shape index (κ1) is 24.0. The van der Waals surface area contributed by atoms with E-state index < -0.39 is 0 Å². The fourth-order valence-corrected chi connectivity index (χ4v) is 5.12. The minimum atomic E-state index is -0.0918. The molecule has 0 saturated carbocycles. The number of carbonyl (C=O) groups excluding carboxylic acids is 1. The van der Waals surface area contributed by atoms with E-state index in [0.717, 1.165) is 50.2 Å². The standard InChI is InChI=1S/C25H26N6OS2/c1-5-31-23(19-8-6-7-16(2)13-19)29-30-25(31)33-15-22(32)28-20-9-11-21(12-10-20)34-24-26-17(3)14-18(4)27-24/h6-14H,5,15H2,1-4H3,(H,28,32). The average Bonchev–Trinajstić information content (AvgIpc) is 3.21. The number of rotatable bonds is 8. The van der Waals surface area contributed by atoms with E-state index >= 15 is 0 Å². The second kappa shape index (κ2) is 10.8. The van der Waals surface area contributed by atoms with Crippen LogP contribution in [0.3, 0.4) is 0 Å². The van der Waals surface area contributed by atoms with Crippen molar-refractivity contribution in [1.82, 2.24) is 24.7 Å². The van der Waals surface area contributed by atoms with Crippen LogP contribution in [0.5, 0.6) is 0 Å². The molecule has 9 heteroatoms. The van der Waals surface area contributed by atoms with Crippen LogP contribution >= 0.6 is 23.5 Å². The van der Waals surface area contributed by atoms with Gasteiger partial charge in [-0.1, -0.05) is 35.5 Å². The van der Waals surface area contributed by atoms with Crippen LogP contribution in [-0.4, -0.2) is 36.4 Å². The molecule has 1 amide bonds. The molecule has 0 aliphatic rings. The monoisotopic (exact) mass is 490 g/mol. The molecule has 7 nitrogen and oxygen atoms in total. The Labute approximate surface area is 207 Å². The number of anilines is 1. The summed E-state index contributed by atoms with van der Waals surface area (Å²) in [6.07, 6.45) is 0.